The second kappa shape index (κ2) is 8.38. The fraction of sp³-hybridized carbons (Fsp3) is 0.300. The van der Waals surface area contributed by atoms with Crippen LogP contribution < -0.4 is 5.43 Å². The SMILES string of the molecule is O=C(Cc1ccc([N+](=O)[O-])cc1)NN=C1CCC(c2ccccc2)CC1. The van der Waals surface area contributed by atoms with Crippen LogP contribution in [0.3, 0.4) is 0 Å². The number of nitro benzene ring substituents is 1. The number of carbonyl (C=O) groups excluding carboxylic acids is 1. The Balaban J connectivity index is 1.47. The summed E-state index contributed by atoms with van der Waals surface area (Å²) in [6.45, 7) is 0. The highest BCUT2D eigenvalue weighted by Gasteiger charge is 2.19. The molecule has 2 aromatic carbocycles. The minimum absolute atomic E-state index is 0.0181. The highest BCUT2D eigenvalue weighted by Crippen LogP contribution is 2.31. The monoisotopic (exact) mass is 351 g/mol. The zero-order chi connectivity index (χ0) is 18.4. The van der Waals surface area contributed by atoms with Crippen molar-refractivity contribution in [1.82, 2.24) is 5.43 Å². The Morgan fingerprint density at radius 3 is 2.35 bits per heavy atom. The van der Waals surface area contributed by atoms with Gasteiger partial charge in [0.05, 0.1) is 11.3 Å². The van der Waals surface area contributed by atoms with E-state index in [-0.39, 0.29) is 18.0 Å². The van der Waals surface area contributed by atoms with Crippen LogP contribution in [-0.4, -0.2) is 16.5 Å². The van der Waals surface area contributed by atoms with E-state index in [0.29, 0.717) is 5.92 Å². The van der Waals surface area contributed by atoms with E-state index < -0.39 is 4.92 Å². The van der Waals surface area contributed by atoms with Gasteiger partial charge in [0.25, 0.3) is 5.69 Å². The fourth-order valence-electron chi connectivity index (χ4n) is 3.22. The first-order chi connectivity index (χ1) is 12.6. The van der Waals surface area contributed by atoms with Gasteiger partial charge in [0, 0.05) is 17.8 Å². The summed E-state index contributed by atoms with van der Waals surface area (Å²) in [6.07, 6.45) is 4.01. The number of amides is 1. The summed E-state index contributed by atoms with van der Waals surface area (Å²) in [7, 11) is 0. The lowest BCUT2D eigenvalue weighted by Gasteiger charge is -2.23. The molecule has 1 aliphatic carbocycles. The van der Waals surface area contributed by atoms with Gasteiger partial charge < -0.3 is 0 Å². The smallest absolute Gasteiger partial charge is 0.269 e. The summed E-state index contributed by atoms with van der Waals surface area (Å²) >= 11 is 0. The van der Waals surface area contributed by atoms with Crippen molar-refractivity contribution in [2.45, 2.75) is 38.0 Å². The molecule has 0 saturated heterocycles. The van der Waals surface area contributed by atoms with Crippen molar-refractivity contribution in [1.29, 1.82) is 0 Å². The Kier molecular flexibility index (Phi) is 5.73. The fourth-order valence-corrected chi connectivity index (χ4v) is 3.22. The van der Waals surface area contributed by atoms with E-state index in [2.05, 4.69) is 34.8 Å². The third-order valence-electron chi connectivity index (χ3n) is 4.68. The number of hydrazone groups is 1. The van der Waals surface area contributed by atoms with Gasteiger partial charge in [-0.1, -0.05) is 42.5 Å². The third kappa shape index (κ3) is 4.75. The number of rotatable bonds is 5. The third-order valence-corrected chi connectivity index (χ3v) is 4.68. The molecule has 0 bridgehead atoms. The molecule has 0 atom stereocenters. The predicted octanol–water partition coefficient (Wildman–Crippen LogP) is 3.97. The molecule has 1 aliphatic rings. The van der Waals surface area contributed by atoms with Crippen molar-refractivity contribution in [3.05, 3.63) is 75.8 Å². The first-order valence-corrected chi connectivity index (χ1v) is 8.74. The summed E-state index contributed by atoms with van der Waals surface area (Å²) in [5.74, 6) is 0.350. The molecule has 0 radical (unpaired) electrons. The molecule has 134 valence electrons. The van der Waals surface area contributed by atoms with Crippen LogP contribution in [-0.2, 0) is 11.2 Å². The zero-order valence-corrected chi connectivity index (χ0v) is 14.4. The predicted molar refractivity (Wildman–Crippen MR) is 100 cm³/mol. The second-order valence-corrected chi connectivity index (χ2v) is 6.50. The topological polar surface area (TPSA) is 84.6 Å². The number of hydrogen-bond donors (Lipinski definition) is 1. The molecule has 3 rings (SSSR count). The Labute approximate surface area is 152 Å². The van der Waals surface area contributed by atoms with E-state index in [0.717, 1.165) is 37.0 Å². The molecule has 0 aromatic heterocycles. The van der Waals surface area contributed by atoms with Crippen molar-refractivity contribution in [2.75, 3.05) is 0 Å². The molecule has 0 heterocycles. The van der Waals surface area contributed by atoms with Gasteiger partial charge in [-0.25, -0.2) is 5.43 Å². The van der Waals surface area contributed by atoms with E-state index in [1.165, 1.54) is 17.7 Å². The largest absolute Gasteiger partial charge is 0.273 e. The first kappa shape index (κ1) is 17.8. The maximum absolute atomic E-state index is 12.0. The molecule has 1 N–H and O–H groups in total. The molecule has 0 aliphatic heterocycles. The van der Waals surface area contributed by atoms with Gasteiger partial charge in [0.2, 0.25) is 5.91 Å². The minimum atomic E-state index is -0.457. The van der Waals surface area contributed by atoms with Crippen molar-refractivity contribution < 1.29 is 9.72 Å². The van der Waals surface area contributed by atoms with Crippen molar-refractivity contribution in [3.8, 4) is 0 Å². The Bertz CT molecular complexity index is 791. The lowest BCUT2D eigenvalue weighted by molar-refractivity contribution is -0.384. The summed E-state index contributed by atoms with van der Waals surface area (Å²) < 4.78 is 0. The molecule has 1 amide bonds. The van der Waals surface area contributed by atoms with Gasteiger partial charge in [-0.3, -0.25) is 14.9 Å². The molecule has 26 heavy (non-hydrogen) atoms. The quantitative estimate of drug-likeness (QED) is 0.653. The van der Waals surface area contributed by atoms with Gasteiger partial charge in [-0.2, -0.15) is 5.10 Å². The number of carbonyl (C=O) groups is 1. The molecular weight excluding hydrogens is 330 g/mol. The number of nitro groups is 1. The van der Waals surface area contributed by atoms with Crippen LogP contribution in [0, 0.1) is 10.1 Å². The highest BCUT2D eigenvalue weighted by atomic mass is 16.6. The maximum Gasteiger partial charge on any atom is 0.269 e. The van der Waals surface area contributed by atoms with E-state index in [4.69, 9.17) is 0 Å². The lowest BCUT2D eigenvalue weighted by Crippen LogP contribution is -2.23. The van der Waals surface area contributed by atoms with Crippen molar-refractivity contribution in [3.63, 3.8) is 0 Å². The van der Waals surface area contributed by atoms with Crippen LogP contribution in [0.1, 0.15) is 42.7 Å². The van der Waals surface area contributed by atoms with E-state index in [1.54, 1.807) is 12.1 Å². The van der Waals surface area contributed by atoms with Crippen LogP contribution in [0.2, 0.25) is 0 Å². The molecule has 1 fully saturated rings. The van der Waals surface area contributed by atoms with Crippen LogP contribution in [0.5, 0.6) is 0 Å². The van der Waals surface area contributed by atoms with Crippen LogP contribution in [0.25, 0.3) is 0 Å². The summed E-state index contributed by atoms with van der Waals surface area (Å²) in [5, 5.41) is 14.9. The summed E-state index contributed by atoms with van der Waals surface area (Å²) in [6, 6.07) is 16.5. The Morgan fingerprint density at radius 1 is 1.08 bits per heavy atom. The zero-order valence-electron chi connectivity index (χ0n) is 14.4. The molecule has 2 aromatic rings. The normalized spacial score (nSPS) is 16.8. The van der Waals surface area contributed by atoms with Crippen molar-refractivity contribution in [2.24, 2.45) is 5.10 Å². The average molecular weight is 351 g/mol. The lowest BCUT2D eigenvalue weighted by atomic mass is 9.83. The van der Waals surface area contributed by atoms with Gasteiger partial charge in [0.1, 0.15) is 0 Å². The molecule has 6 heteroatoms. The Hall–Kier alpha value is -3.02. The molecule has 0 spiro atoms. The number of benzene rings is 2. The number of hydrogen-bond acceptors (Lipinski definition) is 4. The number of nitrogens with zero attached hydrogens (tertiary/aromatic N) is 2. The second-order valence-electron chi connectivity index (χ2n) is 6.50. The molecule has 0 unspecified atom stereocenters. The van der Waals surface area contributed by atoms with E-state index in [9.17, 15) is 14.9 Å². The summed E-state index contributed by atoms with van der Waals surface area (Å²) in [5.41, 5.74) is 5.74. The van der Waals surface area contributed by atoms with Crippen LogP contribution in [0.4, 0.5) is 5.69 Å². The van der Waals surface area contributed by atoms with E-state index in [1.807, 2.05) is 6.07 Å². The Morgan fingerprint density at radius 2 is 1.73 bits per heavy atom. The van der Waals surface area contributed by atoms with Gasteiger partial charge in [-0.15, -0.1) is 0 Å². The van der Waals surface area contributed by atoms with Gasteiger partial charge in [-0.05, 0) is 42.7 Å². The van der Waals surface area contributed by atoms with Gasteiger partial charge >= 0.3 is 0 Å². The average Bonchev–Trinajstić information content (AvgIpc) is 2.68. The molecule has 1 saturated carbocycles. The summed E-state index contributed by atoms with van der Waals surface area (Å²) in [4.78, 5) is 22.2. The standard InChI is InChI=1S/C20H21N3O3/c24-20(14-15-6-12-19(13-7-15)23(25)26)22-21-18-10-8-17(9-11-18)16-4-2-1-3-5-16/h1-7,12-13,17H,8-11,14H2,(H,22,24). The van der Waals surface area contributed by atoms with Crippen LogP contribution in [0.15, 0.2) is 59.7 Å². The van der Waals surface area contributed by atoms with Crippen molar-refractivity contribution >= 4 is 17.3 Å². The van der Waals surface area contributed by atoms with Crippen LogP contribution >= 0.6 is 0 Å². The highest BCUT2D eigenvalue weighted by molar-refractivity contribution is 5.87. The number of nitrogens with one attached hydrogen (secondary N) is 1. The maximum atomic E-state index is 12.0. The minimum Gasteiger partial charge on any atom is -0.273 e. The first-order valence-electron chi connectivity index (χ1n) is 8.74. The molecule has 6 nitrogen and oxygen atoms in total. The number of non-ortho nitro benzene ring substituents is 1. The molecular formula is C20H21N3O3. The van der Waals surface area contributed by atoms with Gasteiger partial charge in [0.15, 0.2) is 0 Å². The van der Waals surface area contributed by atoms with E-state index >= 15 is 0 Å².